The van der Waals surface area contributed by atoms with Crippen LogP contribution in [0.3, 0.4) is 0 Å². The first-order valence-electron chi connectivity index (χ1n) is 3.99. The molecule has 14 heavy (non-hydrogen) atoms. The summed E-state index contributed by atoms with van der Waals surface area (Å²) in [6.07, 6.45) is 0.868. The van der Waals surface area contributed by atoms with E-state index in [1.54, 1.807) is 6.07 Å². The maximum atomic E-state index is 10.8. The van der Waals surface area contributed by atoms with Crippen LogP contribution in [0.4, 0.5) is 0 Å². The van der Waals surface area contributed by atoms with Crippen LogP contribution in [0.1, 0.15) is 15.9 Å². The van der Waals surface area contributed by atoms with Gasteiger partial charge >= 0.3 is 0 Å². The Morgan fingerprint density at radius 2 is 2.29 bits per heavy atom. The molecule has 0 fully saturated rings. The molecule has 1 heterocycles. The van der Waals surface area contributed by atoms with Crippen molar-refractivity contribution in [2.75, 3.05) is 0 Å². The largest absolute Gasteiger partial charge is 0.298 e. The number of thiophene rings is 1. The second-order valence-electron chi connectivity index (χ2n) is 2.83. The molecule has 0 radical (unpaired) electrons. The molecule has 0 amide bonds. The van der Waals surface area contributed by atoms with Crippen LogP contribution in [-0.2, 0) is 5.33 Å². The molecule has 0 N–H and O–H groups in total. The fourth-order valence-corrected chi connectivity index (χ4v) is 3.73. The van der Waals surface area contributed by atoms with Crippen LogP contribution in [0, 0.1) is 0 Å². The third-order valence-corrected chi connectivity index (χ3v) is 4.17. The van der Waals surface area contributed by atoms with E-state index in [4.69, 9.17) is 11.6 Å². The first-order valence-corrected chi connectivity index (χ1v) is 6.30. The van der Waals surface area contributed by atoms with Gasteiger partial charge in [-0.3, -0.25) is 4.79 Å². The van der Waals surface area contributed by atoms with E-state index in [0.717, 1.165) is 26.3 Å². The van der Waals surface area contributed by atoms with Gasteiger partial charge in [-0.1, -0.05) is 45.7 Å². The van der Waals surface area contributed by atoms with Crippen molar-refractivity contribution in [1.82, 2.24) is 0 Å². The van der Waals surface area contributed by atoms with E-state index in [2.05, 4.69) is 15.9 Å². The van der Waals surface area contributed by atoms with E-state index in [1.165, 1.54) is 11.3 Å². The number of hydrogen-bond acceptors (Lipinski definition) is 2. The van der Waals surface area contributed by atoms with Crippen molar-refractivity contribution in [1.29, 1.82) is 0 Å². The zero-order chi connectivity index (χ0) is 10.1. The molecule has 2 aromatic rings. The van der Waals surface area contributed by atoms with E-state index < -0.39 is 0 Å². The molecule has 1 nitrogen and oxygen atoms in total. The molecule has 1 aromatic carbocycles. The smallest absolute Gasteiger partial charge is 0.151 e. The highest BCUT2D eigenvalue weighted by atomic mass is 79.9. The van der Waals surface area contributed by atoms with Crippen molar-refractivity contribution in [3.63, 3.8) is 0 Å². The van der Waals surface area contributed by atoms with Crippen LogP contribution in [-0.4, -0.2) is 6.29 Å². The Bertz CT molecular complexity index is 492. The summed E-state index contributed by atoms with van der Waals surface area (Å²) >= 11 is 10.9. The van der Waals surface area contributed by atoms with E-state index in [-0.39, 0.29) is 0 Å². The second-order valence-corrected chi connectivity index (χ2v) is 5.01. The van der Waals surface area contributed by atoms with Crippen molar-refractivity contribution in [3.05, 3.63) is 33.7 Å². The van der Waals surface area contributed by atoms with Crippen LogP contribution >= 0.6 is 38.9 Å². The lowest BCUT2D eigenvalue weighted by Gasteiger charge is -1.94. The Morgan fingerprint density at radius 1 is 1.50 bits per heavy atom. The number of halogens is 2. The molecule has 0 aliphatic carbocycles. The van der Waals surface area contributed by atoms with Crippen molar-refractivity contribution < 1.29 is 4.79 Å². The first-order chi connectivity index (χ1) is 6.77. The van der Waals surface area contributed by atoms with Gasteiger partial charge in [0.25, 0.3) is 0 Å². The lowest BCUT2D eigenvalue weighted by atomic mass is 10.1. The Kier molecular flexibility index (Phi) is 2.91. The predicted molar refractivity (Wildman–Crippen MR) is 64.9 cm³/mol. The first kappa shape index (κ1) is 10.1. The van der Waals surface area contributed by atoms with Gasteiger partial charge in [0.15, 0.2) is 6.29 Å². The van der Waals surface area contributed by atoms with Crippen molar-refractivity contribution >= 4 is 55.2 Å². The topological polar surface area (TPSA) is 17.1 Å². The van der Waals surface area contributed by atoms with Gasteiger partial charge in [-0.15, -0.1) is 11.3 Å². The summed E-state index contributed by atoms with van der Waals surface area (Å²) in [5.74, 6) is 0. The Morgan fingerprint density at radius 3 is 2.93 bits per heavy atom. The Hall–Kier alpha value is -0.380. The summed E-state index contributed by atoms with van der Waals surface area (Å²) in [6, 6.07) is 5.67. The maximum absolute atomic E-state index is 10.8. The van der Waals surface area contributed by atoms with Crippen molar-refractivity contribution in [3.8, 4) is 0 Å². The van der Waals surface area contributed by atoms with Crippen LogP contribution < -0.4 is 0 Å². The number of carbonyl (C=O) groups is 1. The summed E-state index contributed by atoms with van der Waals surface area (Å²) in [6.45, 7) is 0. The Balaban J connectivity index is 2.85. The van der Waals surface area contributed by atoms with E-state index in [0.29, 0.717) is 10.9 Å². The lowest BCUT2D eigenvalue weighted by Crippen LogP contribution is -1.79. The molecular weight excluding hydrogens is 284 g/mol. The molecule has 0 atom stereocenters. The molecule has 0 unspecified atom stereocenters. The van der Waals surface area contributed by atoms with Crippen molar-refractivity contribution in [2.45, 2.75) is 5.33 Å². The molecule has 0 spiro atoms. The number of hydrogen-bond donors (Lipinski definition) is 0. The van der Waals surface area contributed by atoms with Gasteiger partial charge in [-0.25, -0.2) is 0 Å². The molecule has 72 valence electrons. The second kappa shape index (κ2) is 4.01. The summed E-state index contributed by atoms with van der Waals surface area (Å²) in [7, 11) is 0. The lowest BCUT2D eigenvalue weighted by molar-refractivity contribution is 0.112. The van der Waals surface area contributed by atoms with Gasteiger partial charge < -0.3 is 0 Å². The molecule has 0 saturated carbocycles. The molecule has 0 saturated heterocycles. The summed E-state index contributed by atoms with van der Waals surface area (Å²) in [5, 5.41) is 1.79. The highest BCUT2D eigenvalue weighted by Crippen LogP contribution is 2.37. The number of fused-ring (bicyclic) bond motifs is 1. The molecule has 4 heteroatoms. The monoisotopic (exact) mass is 288 g/mol. The molecule has 0 aliphatic rings. The number of benzene rings is 1. The molecule has 1 aromatic heterocycles. The highest BCUT2D eigenvalue weighted by molar-refractivity contribution is 9.08. The van der Waals surface area contributed by atoms with Gasteiger partial charge in [0, 0.05) is 21.2 Å². The van der Waals surface area contributed by atoms with Gasteiger partial charge in [0.05, 0.1) is 4.34 Å². The fourth-order valence-electron chi connectivity index (χ4n) is 1.38. The Labute approximate surface area is 98.8 Å². The molecular formula is C10H6BrClOS. The third-order valence-electron chi connectivity index (χ3n) is 2.06. The minimum Gasteiger partial charge on any atom is -0.298 e. The minimum absolute atomic E-state index is 0.710. The van der Waals surface area contributed by atoms with Gasteiger partial charge in [0.1, 0.15) is 0 Å². The van der Waals surface area contributed by atoms with Crippen LogP contribution in [0.25, 0.3) is 10.1 Å². The zero-order valence-corrected chi connectivity index (χ0v) is 10.2. The average Bonchev–Trinajstić information content (AvgIpc) is 2.52. The number of rotatable bonds is 2. The standard InChI is InChI=1S/C10H6BrClOS/c11-4-8-7-3-1-2-6(5-13)9(7)14-10(8)12/h1-3,5H,4H2. The SMILES string of the molecule is O=Cc1cccc2c(CBr)c(Cl)sc12. The summed E-state index contributed by atoms with van der Waals surface area (Å²) < 4.78 is 1.73. The quantitative estimate of drug-likeness (QED) is 0.596. The molecule has 0 bridgehead atoms. The van der Waals surface area contributed by atoms with Crippen LogP contribution in [0.5, 0.6) is 0 Å². The summed E-state index contributed by atoms with van der Waals surface area (Å²) in [5.41, 5.74) is 1.77. The zero-order valence-electron chi connectivity index (χ0n) is 7.09. The molecule has 0 aliphatic heterocycles. The summed E-state index contributed by atoms with van der Waals surface area (Å²) in [4.78, 5) is 10.8. The number of aldehydes is 1. The predicted octanol–water partition coefficient (Wildman–Crippen LogP) is 4.26. The molecule has 2 rings (SSSR count). The van der Waals surface area contributed by atoms with Crippen LogP contribution in [0.15, 0.2) is 18.2 Å². The van der Waals surface area contributed by atoms with Gasteiger partial charge in [-0.2, -0.15) is 0 Å². The maximum Gasteiger partial charge on any atom is 0.151 e. The van der Waals surface area contributed by atoms with Crippen LogP contribution in [0.2, 0.25) is 4.34 Å². The van der Waals surface area contributed by atoms with Gasteiger partial charge in [-0.05, 0) is 5.39 Å². The van der Waals surface area contributed by atoms with E-state index in [1.807, 2.05) is 12.1 Å². The van der Waals surface area contributed by atoms with E-state index >= 15 is 0 Å². The average molecular weight is 290 g/mol. The van der Waals surface area contributed by atoms with Crippen molar-refractivity contribution in [2.24, 2.45) is 0 Å². The van der Waals surface area contributed by atoms with E-state index in [9.17, 15) is 4.79 Å². The normalized spacial score (nSPS) is 10.7. The third kappa shape index (κ3) is 1.49. The van der Waals surface area contributed by atoms with Gasteiger partial charge in [0.2, 0.25) is 0 Å². The highest BCUT2D eigenvalue weighted by Gasteiger charge is 2.11. The minimum atomic E-state index is 0.710. The number of carbonyl (C=O) groups excluding carboxylic acids is 1. The number of alkyl halides is 1. The fraction of sp³-hybridized carbons (Fsp3) is 0.100.